The maximum atomic E-state index is 2.44. The molecule has 1 aliphatic carbocycles. The monoisotopic (exact) mass is 613 g/mol. The third kappa shape index (κ3) is 4.47. The fourth-order valence-corrected chi connectivity index (χ4v) is 7.85. The maximum absolute atomic E-state index is 2.44. The van der Waals surface area contributed by atoms with E-state index in [1.165, 1.54) is 71.7 Å². The van der Waals surface area contributed by atoms with Crippen molar-refractivity contribution in [3.8, 4) is 33.4 Å². The van der Waals surface area contributed by atoms with E-state index in [-0.39, 0.29) is 5.41 Å². The molecular weight excluding hydrogens is 579 g/mol. The molecule has 1 heteroatoms. The average Bonchev–Trinajstić information content (AvgIpc) is 3.38. The summed E-state index contributed by atoms with van der Waals surface area (Å²) in [5.41, 5.74) is 13.7. The molecule has 0 saturated carbocycles. The molecule has 0 amide bonds. The Bertz CT molecular complexity index is 2420. The average molecular weight is 614 g/mol. The SMILES string of the molecule is CC1(C)c2cc(-c3cccc(-c4ccccc4)c3)ccc2-c2c1ccc1c(N(c3ccccc3)c3ccccc3)cc3ccccc3c21. The lowest BCUT2D eigenvalue weighted by Gasteiger charge is -2.28. The minimum Gasteiger partial charge on any atom is -0.310 e. The number of anilines is 3. The first-order chi connectivity index (χ1) is 23.6. The van der Waals surface area contributed by atoms with E-state index in [9.17, 15) is 0 Å². The summed E-state index contributed by atoms with van der Waals surface area (Å²) in [6.07, 6.45) is 0. The molecule has 8 aromatic rings. The van der Waals surface area contributed by atoms with Crippen molar-refractivity contribution in [2.45, 2.75) is 19.3 Å². The van der Waals surface area contributed by atoms with Crippen LogP contribution in [0, 0.1) is 0 Å². The van der Waals surface area contributed by atoms with Gasteiger partial charge in [0.1, 0.15) is 0 Å². The molecule has 0 spiro atoms. The van der Waals surface area contributed by atoms with Gasteiger partial charge in [-0.15, -0.1) is 0 Å². The number of nitrogens with zero attached hydrogens (tertiary/aromatic N) is 1. The lowest BCUT2D eigenvalue weighted by molar-refractivity contribution is 0.661. The first kappa shape index (κ1) is 28.3. The summed E-state index contributed by atoms with van der Waals surface area (Å²) in [5.74, 6) is 0. The molecule has 0 fully saturated rings. The second kappa shape index (κ2) is 11.1. The molecule has 8 aromatic carbocycles. The van der Waals surface area contributed by atoms with Gasteiger partial charge in [0.2, 0.25) is 0 Å². The van der Waals surface area contributed by atoms with Crippen LogP contribution in [-0.4, -0.2) is 0 Å². The van der Waals surface area contributed by atoms with Crippen molar-refractivity contribution in [3.05, 3.63) is 187 Å². The highest BCUT2D eigenvalue weighted by Gasteiger charge is 2.37. The number of hydrogen-bond acceptors (Lipinski definition) is 1. The molecule has 0 heterocycles. The molecule has 9 rings (SSSR count). The normalized spacial score (nSPS) is 13.0. The van der Waals surface area contributed by atoms with Gasteiger partial charge in [-0.3, -0.25) is 0 Å². The first-order valence-electron chi connectivity index (χ1n) is 16.8. The van der Waals surface area contributed by atoms with Gasteiger partial charge in [0, 0.05) is 22.2 Å². The smallest absolute Gasteiger partial charge is 0.0546 e. The lowest BCUT2D eigenvalue weighted by Crippen LogP contribution is -2.15. The summed E-state index contributed by atoms with van der Waals surface area (Å²) in [5, 5.41) is 5.11. The van der Waals surface area contributed by atoms with Crippen LogP contribution in [0.2, 0.25) is 0 Å². The predicted octanol–water partition coefficient (Wildman–Crippen LogP) is 13.1. The van der Waals surface area contributed by atoms with Crippen LogP contribution in [0.25, 0.3) is 54.9 Å². The minimum atomic E-state index is -0.151. The van der Waals surface area contributed by atoms with E-state index in [0.717, 1.165) is 11.4 Å². The second-order valence-corrected chi connectivity index (χ2v) is 13.4. The Balaban J connectivity index is 1.29. The molecule has 1 nitrogen and oxygen atoms in total. The van der Waals surface area contributed by atoms with Gasteiger partial charge in [0.05, 0.1) is 5.69 Å². The van der Waals surface area contributed by atoms with Crippen molar-refractivity contribution < 1.29 is 0 Å². The van der Waals surface area contributed by atoms with Crippen molar-refractivity contribution in [2.75, 3.05) is 4.90 Å². The van der Waals surface area contributed by atoms with Crippen LogP contribution in [0.1, 0.15) is 25.0 Å². The largest absolute Gasteiger partial charge is 0.310 e. The molecule has 228 valence electrons. The van der Waals surface area contributed by atoms with E-state index in [1.54, 1.807) is 0 Å². The van der Waals surface area contributed by atoms with E-state index < -0.39 is 0 Å². The molecule has 0 saturated heterocycles. The van der Waals surface area contributed by atoms with Crippen molar-refractivity contribution in [1.29, 1.82) is 0 Å². The van der Waals surface area contributed by atoms with Gasteiger partial charge in [-0.25, -0.2) is 0 Å². The third-order valence-corrected chi connectivity index (χ3v) is 10.2. The molecule has 1 aliphatic rings. The summed E-state index contributed by atoms with van der Waals surface area (Å²) in [6.45, 7) is 4.78. The van der Waals surface area contributed by atoms with E-state index in [2.05, 4.69) is 195 Å². The van der Waals surface area contributed by atoms with E-state index in [4.69, 9.17) is 0 Å². The lowest BCUT2D eigenvalue weighted by atomic mass is 9.81. The zero-order valence-electron chi connectivity index (χ0n) is 27.2. The topological polar surface area (TPSA) is 3.24 Å². The van der Waals surface area contributed by atoms with Gasteiger partial charge in [-0.05, 0) is 103 Å². The summed E-state index contributed by atoms with van der Waals surface area (Å²) < 4.78 is 0. The molecule has 0 atom stereocenters. The quantitative estimate of drug-likeness (QED) is 0.175. The molecule has 48 heavy (non-hydrogen) atoms. The van der Waals surface area contributed by atoms with Crippen molar-refractivity contribution in [3.63, 3.8) is 0 Å². The summed E-state index contributed by atoms with van der Waals surface area (Å²) >= 11 is 0. The highest BCUT2D eigenvalue weighted by atomic mass is 15.1. The van der Waals surface area contributed by atoms with Crippen LogP contribution in [0.5, 0.6) is 0 Å². The molecule has 0 unspecified atom stereocenters. The van der Waals surface area contributed by atoms with Gasteiger partial charge in [-0.2, -0.15) is 0 Å². The van der Waals surface area contributed by atoms with Crippen LogP contribution in [-0.2, 0) is 5.41 Å². The summed E-state index contributed by atoms with van der Waals surface area (Å²) in [4.78, 5) is 2.41. The predicted molar refractivity (Wildman–Crippen MR) is 205 cm³/mol. The zero-order chi connectivity index (χ0) is 32.2. The Morgan fingerprint density at radius 2 is 1.00 bits per heavy atom. The van der Waals surface area contributed by atoms with Gasteiger partial charge >= 0.3 is 0 Å². The van der Waals surface area contributed by atoms with Crippen LogP contribution in [0.3, 0.4) is 0 Å². The van der Waals surface area contributed by atoms with Crippen molar-refractivity contribution >= 4 is 38.6 Å². The number of para-hydroxylation sites is 2. The van der Waals surface area contributed by atoms with E-state index in [0.29, 0.717) is 0 Å². The third-order valence-electron chi connectivity index (χ3n) is 10.2. The van der Waals surface area contributed by atoms with Gasteiger partial charge in [0.15, 0.2) is 0 Å². The minimum absolute atomic E-state index is 0.151. The van der Waals surface area contributed by atoms with E-state index in [1.807, 2.05) is 0 Å². The Morgan fingerprint density at radius 1 is 0.417 bits per heavy atom. The van der Waals surface area contributed by atoms with Crippen molar-refractivity contribution in [2.24, 2.45) is 0 Å². The van der Waals surface area contributed by atoms with Gasteiger partial charge < -0.3 is 4.90 Å². The fourth-order valence-electron chi connectivity index (χ4n) is 7.85. The molecule has 0 aliphatic heterocycles. The highest BCUT2D eigenvalue weighted by molar-refractivity contribution is 6.21. The molecule has 0 N–H and O–H groups in total. The number of benzene rings is 8. The molecule has 0 aromatic heterocycles. The Morgan fingerprint density at radius 3 is 1.71 bits per heavy atom. The Hall–Kier alpha value is -5.92. The number of rotatable bonds is 5. The Labute approximate surface area is 282 Å². The second-order valence-electron chi connectivity index (χ2n) is 13.4. The molecule has 0 radical (unpaired) electrons. The van der Waals surface area contributed by atoms with Crippen LogP contribution in [0.4, 0.5) is 17.1 Å². The maximum Gasteiger partial charge on any atom is 0.0546 e. The summed E-state index contributed by atoms with van der Waals surface area (Å²) in [7, 11) is 0. The summed E-state index contributed by atoms with van der Waals surface area (Å²) in [6, 6.07) is 64.2. The van der Waals surface area contributed by atoms with Gasteiger partial charge in [-0.1, -0.05) is 147 Å². The van der Waals surface area contributed by atoms with Crippen molar-refractivity contribution in [1.82, 2.24) is 0 Å². The number of hydrogen-bond donors (Lipinski definition) is 0. The molecular formula is C47H35N. The van der Waals surface area contributed by atoms with Crippen LogP contribution >= 0.6 is 0 Å². The Kier molecular flexibility index (Phi) is 6.55. The fraction of sp³-hybridized carbons (Fsp3) is 0.0638. The first-order valence-corrected chi connectivity index (χ1v) is 16.8. The highest BCUT2D eigenvalue weighted by Crippen LogP contribution is 2.55. The standard InChI is InChI=1S/C47H35N/c1-47(2)42-28-27-41-44(48(37-20-8-4-9-21-37)38-22-10-5-11-23-38)31-36-17-12-13-24-39(36)45(41)46(42)40-26-25-35(30-43(40)47)34-19-14-18-33(29-34)32-15-6-3-7-16-32/h3-31H,1-2H3. The van der Waals surface area contributed by atoms with Gasteiger partial charge in [0.25, 0.3) is 0 Å². The molecule has 0 bridgehead atoms. The van der Waals surface area contributed by atoms with E-state index >= 15 is 0 Å². The zero-order valence-corrected chi connectivity index (χ0v) is 27.2. The van der Waals surface area contributed by atoms with Crippen LogP contribution < -0.4 is 4.90 Å². The van der Waals surface area contributed by atoms with Crippen LogP contribution in [0.15, 0.2) is 176 Å². The number of fused-ring (bicyclic) bond motifs is 7.